The van der Waals surface area contributed by atoms with Crippen LogP contribution in [0.5, 0.6) is 5.75 Å². The van der Waals surface area contributed by atoms with Crippen LogP contribution in [0.1, 0.15) is 15.2 Å². The molecule has 0 aliphatic carbocycles. The van der Waals surface area contributed by atoms with Gasteiger partial charge in [0.05, 0.1) is 19.8 Å². The number of hydrogen-bond acceptors (Lipinski definition) is 8. The van der Waals surface area contributed by atoms with Gasteiger partial charge in [-0.2, -0.15) is 0 Å². The van der Waals surface area contributed by atoms with E-state index >= 15 is 0 Å². The first-order chi connectivity index (χ1) is 11.6. The number of carbonyl (C=O) groups excluding carboxylic acids is 1. The van der Waals surface area contributed by atoms with Crippen molar-refractivity contribution in [1.29, 1.82) is 0 Å². The first kappa shape index (κ1) is 18.5. The van der Waals surface area contributed by atoms with Crippen LogP contribution in [0.15, 0.2) is 47.9 Å². The second-order valence-electron chi connectivity index (χ2n) is 4.23. The molecule has 0 amide bonds. The average molecular weight is 370 g/mol. The van der Waals surface area contributed by atoms with Gasteiger partial charge in [0, 0.05) is 4.88 Å². The Bertz CT molecular complexity index is 732. The van der Waals surface area contributed by atoms with Crippen LogP contribution < -0.4 is 4.52 Å². The molecule has 0 saturated heterocycles. The predicted molar refractivity (Wildman–Crippen MR) is 88.5 cm³/mol. The van der Waals surface area contributed by atoms with Gasteiger partial charge < -0.3 is 4.52 Å². The van der Waals surface area contributed by atoms with Crippen molar-refractivity contribution in [3.05, 3.63) is 58.3 Å². The Labute approximate surface area is 142 Å². The minimum Gasteiger partial charge on any atom is -0.400 e. The maximum Gasteiger partial charge on any atom is 0.585 e. The summed E-state index contributed by atoms with van der Waals surface area (Å²) in [4.78, 5) is 22.0. The van der Waals surface area contributed by atoms with Crippen LogP contribution in [-0.4, -0.2) is 20.0 Å². The second kappa shape index (κ2) is 8.89. The zero-order valence-corrected chi connectivity index (χ0v) is 14.6. The van der Waals surface area contributed by atoms with E-state index in [0.29, 0.717) is 0 Å². The number of hydrogen-bond donors (Lipinski definition) is 0. The summed E-state index contributed by atoms with van der Waals surface area (Å²) in [5.41, 5.74) is 0.185. The summed E-state index contributed by atoms with van der Waals surface area (Å²) in [6, 6.07) is 10.0. The van der Waals surface area contributed by atoms with Crippen molar-refractivity contribution >= 4 is 31.0 Å². The Morgan fingerprint density at radius 2 is 1.79 bits per heavy atom. The highest BCUT2D eigenvalue weighted by molar-refractivity contribution is 7.48. The number of thiophene rings is 1. The first-order valence-electron chi connectivity index (χ1n) is 6.67. The van der Waals surface area contributed by atoms with Gasteiger partial charge in [-0.1, -0.05) is 18.2 Å². The van der Waals surface area contributed by atoms with E-state index in [1.54, 1.807) is 18.2 Å². The molecule has 0 aliphatic heterocycles. The normalized spacial score (nSPS) is 11.8. The minimum atomic E-state index is -4.19. The minimum absolute atomic E-state index is 0.00997. The highest BCUT2D eigenvalue weighted by Gasteiger charge is 2.33. The molecule has 2 aromatic rings. The van der Waals surface area contributed by atoms with Gasteiger partial charge in [-0.3, -0.25) is 4.79 Å². The Kier molecular flexibility index (Phi) is 6.86. The molecule has 0 unspecified atom stereocenters. The van der Waals surface area contributed by atoms with Crippen molar-refractivity contribution in [2.24, 2.45) is 0 Å². The summed E-state index contributed by atoms with van der Waals surface area (Å²) in [6.45, 7) is 0. The number of allylic oxidation sites excluding steroid dienone is 1. The smallest absolute Gasteiger partial charge is 0.400 e. The highest BCUT2D eigenvalue weighted by atomic mass is 32.1. The van der Waals surface area contributed by atoms with Gasteiger partial charge in [-0.15, -0.1) is 20.7 Å². The lowest BCUT2D eigenvalue weighted by atomic mass is 10.1. The van der Waals surface area contributed by atoms with Gasteiger partial charge in [-0.25, -0.2) is 14.3 Å². The zero-order valence-electron chi connectivity index (χ0n) is 12.9. The van der Waals surface area contributed by atoms with Crippen molar-refractivity contribution in [3.8, 4) is 5.75 Å². The van der Waals surface area contributed by atoms with Gasteiger partial charge >= 0.3 is 7.82 Å². The maximum atomic E-state index is 12.4. The average Bonchev–Trinajstić information content (AvgIpc) is 3.07. The molecule has 9 heteroatoms. The summed E-state index contributed by atoms with van der Waals surface area (Å²) in [7, 11) is -1.92. The SMILES string of the molecule is COOP(=O)(OOC)Oc1ccccc1C(=O)C=Cc1cccs1. The molecule has 0 fully saturated rings. The largest absolute Gasteiger partial charge is 0.585 e. The topological polar surface area (TPSA) is 80.3 Å². The van der Waals surface area contributed by atoms with Crippen LogP contribution in [0.2, 0.25) is 0 Å². The number of para-hydroxylation sites is 1. The summed E-state index contributed by atoms with van der Waals surface area (Å²) in [5, 5.41) is 1.90. The molecular formula is C15H15O7PS. The van der Waals surface area contributed by atoms with Crippen LogP contribution in [-0.2, 0) is 23.7 Å². The fourth-order valence-electron chi connectivity index (χ4n) is 1.73. The summed E-state index contributed by atoms with van der Waals surface area (Å²) in [5.74, 6) is -0.323. The van der Waals surface area contributed by atoms with E-state index in [-0.39, 0.29) is 17.1 Å². The summed E-state index contributed by atoms with van der Waals surface area (Å²) >= 11 is 1.50. The van der Waals surface area contributed by atoms with Gasteiger partial charge in [0.1, 0.15) is 5.75 Å². The molecule has 2 rings (SSSR count). The predicted octanol–water partition coefficient (Wildman–Crippen LogP) is 4.29. The van der Waals surface area contributed by atoms with Gasteiger partial charge in [-0.05, 0) is 35.7 Å². The van der Waals surface area contributed by atoms with Gasteiger partial charge in [0.2, 0.25) is 0 Å². The lowest BCUT2D eigenvalue weighted by Gasteiger charge is -2.15. The summed E-state index contributed by atoms with van der Waals surface area (Å²) in [6.07, 6.45) is 3.08. The fourth-order valence-corrected chi connectivity index (χ4v) is 3.20. The number of ketones is 1. The second-order valence-corrected chi connectivity index (χ2v) is 6.58. The van der Waals surface area contributed by atoms with Crippen molar-refractivity contribution in [2.45, 2.75) is 0 Å². The first-order valence-corrected chi connectivity index (χ1v) is 9.01. The molecule has 1 aromatic heterocycles. The summed E-state index contributed by atoms with van der Waals surface area (Å²) < 4.78 is 26.4. The molecule has 0 saturated carbocycles. The molecule has 0 atom stereocenters. The molecule has 0 radical (unpaired) electrons. The van der Waals surface area contributed by atoms with Crippen LogP contribution in [0, 0.1) is 0 Å². The van der Waals surface area contributed by atoms with E-state index in [1.165, 1.54) is 29.5 Å². The third-order valence-corrected chi connectivity index (χ3v) is 4.56. The molecule has 0 aliphatic rings. The van der Waals surface area contributed by atoms with Crippen LogP contribution in [0.25, 0.3) is 6.08 Å². The fraction of sp³-hybridized carbons (Fsp3) is 0.133. The Balaban J connectivity index is 2.23. The number of carbonyl (C=O) groups is 1. The van der Waals surface area contributed by atoms with Crippen LogP contribution in [0.4, 0.5) is 0 Å². The zero-order chi connectivity index (χ0) is 17.4. The number of rotatable bonds is 9. The Morgan fingerprint density at radius 1 is 1.08 bits per heavy atom. The molecule has 0 bridgehead atoms. The molecule has 24 heavy (non-hydrogen) atoms. The molecule has 1 heterocycles. The quantitative estimate of drug-likeness (QED) is 0.214. The third-order valence-electron chi connectivity index (χ3n) is 2.64. The van der Waals surface area contributed by atoms with E-state index in [4.69, 9.17) is 4.52 Å². The van der Waals surface area contributed by atoms with Crippen LogP contribution >= 0.6 is 19.2 Å². The third kappa shape index (κ3) is 5.10. The van der Waals surface area contributed by atoms with Crippen LogP contribution in [0.3, 0.4) is 0 Å². The maximum absolute atomic E-state index is 12.4. The van der Waals surface area contributed by atoms with E-state index in [0.717, 1.165) is 19.1 Å². The standard InChI is InChI=1S/C15H15O7PS/c1-18-21-23(17,22-19-2)20-15-8-4-3-7-13(15)14(16)10-9-12-6-5-11-24-12/h3-11H,1-2H3. The molecule has 0 spiro atoms. The Morgan fingerprint density at radius 3 is 2.42 bits per heavy atom. The lowest BCUT2D eigenvalue weighted by Crippen LogP contribution is -2.05. The number of benzene rings is 1. The molecule has 128 valence electrons. The highest BCUT2D eigenvalue weighted by Crippen LogP contribution is 2.50. The van der Waals surface area contributed by atoms with E-state index in [1.807, 2.05) is 17.5 Å². The van der Waals surface area contributed by atoms with E-state index in [2.05, 4.69) is 19.1 Å². The monoisotopic (exact) mass is 370 g/mol. The van der Waals surface area contributed by atoms with E-state index < -0.39 is 7.82 Å². The molecular weight excluding hydrogens is 355 g/mol. The van der Waals surface area contributed by atoms with Crippen molar-refractivity contribution in [1.82, 2.24) is 0 Å². The molecule has 1 aromatic carbocycles. The molecule has 0 N–H and O–H groups in total. The van der Waals surface area contributed by atoms with Crippen molar-refractivity contribution < 1.29 is 33.0 Å². The van der Waals surface area contributed by atoms with Crippen molar-refractivity contribution in [2.75, 3.05) is 14.2 Å². The van der Waals surface area contributed by atoms with Gasteiger partial charge in [0.15, 0.2) is 5.78 Å². The molecule has 7 nitrogen and oxygen atoms in total. The Hall–Kier alpha value is -1.80. The van der Waals surface area contributed by atoms with Crippen molar-refractivity contribution in [3.63, 3.8) is 0 Å². The lowest BCUT2D eigenvalue weighted by molar-refractivity contribution is -0.253. The van der Waals surface area contributed by atoms with Gasteiger partial charge in [0.25, 0.3) is 0 Å². The number of phosphoric acid groups is 1. The van der Waals surface area contributed by atoms with E-state index in [9.17, 15) is 9.36 Å².